The van der Waals surface area contributed by atoms with Gasteiger partial charge >= 0.3 is 0 Å². The first-order valence-corrected chi connectivity index (χ1v) is 3.89. The van der Waals surface area contributed by atoms with Crippen LogP contribution < -0.4 is 0 Å². The summed E-state index contributed by atoms with van der Waals surface area (Å²) < 4.78 is 0.0580. The summed E-state index contributed by atoms with van der Waals surface area (Å²) in [5.74, 6) is 0.0805. The molecule has 0 aromatic carbocycles. The highest BCUT2D eigenvalue weighted by atomic mass is 127. The van der Waals surface area contributed by atoms with E-state index >= 15 is 0 Å². The zero-order valence-electron chi connectivity index (χ0n) is 4.58. The number of rotatable bonds is 0. The second-order valence-electron chi connectivity index (χ2n) is 2.28. The molecule has 0 radical (unpaired) electrons. The lowest BCUT2D eigenvalue weighted by Gasteiger charge is -2.41. The number of hydrogen-bond donors (Lipinski definition) is 2. The fourth-order valence-electron chi connectivity index (χ4n) is 0.839. The van der Waals surface area contributed by atoms with Crippen LogP contribution in [0.1, 0.15) is 6.92 Å². The largest absolute Gasteiger partial charge is 0.392 e. The molecular formula is C5H9IO2. The highest BCUT2D eigenvalue weighted by Gasteiger charge is 2.44. The van der Waals surface area contributed by atoms with E-state index in [1.807, 2.05) is 6.92 Å². The Morgan fingerprint density at radius 2 is 1.62 bits per heavy atom. The van der Waals surface area contributed by atoms with Crippen molar-refractivity contribution in [2.45, 2.75) is 23.1 Å². The average Bonchev–Trinajstić information content (AvgIpc) is 1.83. The monoisotopic (exact) mass is 228 g/mol. The van der Waals surface area contributed by atoms with Gasteiger partial charge in [-0.3, -0.25) is 0 Å². The molecule has 0 aliphatic heterocycles. The van der Waals surface area contributed by atoms with Crippen LogP contribution in [0.4, 0.5) is 0 Å². The molecule has 48 valence electrons. The van der Waals surface area contributed by atoms with E-state index in [9.17, 15) is 0 Å². The minimum absolute atomic E-state index is 0.0580. The Labute approximate surface area is 62.0 Å². The lowest BCUT2D eigenvalue weighted by atomic mass is 9.80. The fraction of sp³-hybridized carbons (Fsp3) is 1.00. The number of aliphatic hydroxyl groups excluding tert-OH is 2. The predicted octanol–water partition coefficient (Wildman–Crippen LogP) is 0.162. The van der Waals surface area contributed by atoms with E-state index in [2.05, 4.69) is 22.6 Å². The van der Waals surface area contributed by atoms with Crippen molar-refractivity contribution in [2.24, 2.45) is 5.92 Å². The maximum atomic E-state index is 8.99. The highest BCUT2D eigenvalue weighted by Crippen LogP contribution is 2.33. The van der Waals surface area contributed by atoms with Crippen molar-refractivity contribution >= 4 is 22.6 Å². The second kappa shape index (κ2) is 2.11. The molecule has 0 aromatic rings. The van der Waals surface area contributed by atoms with Crippen LogP contribution in [0, 0.1) is 5.92 Å². The summed E-state index contributed by atoms with van der Waals surface area (Å²) in [4.78, 5) is 0. The fourth-order valence-corrected chi connectivity index (χ4v) is 2.15. The van der Waals surface area contributed by atoms with Crippen molar-refractivity contribution in [2.75, 3.05) is 0 Å². The van der Waals surface area contributed by atoms with Gasteiger partial charge in [0.2, 0.25) is 0 Å². The van der Waals surface area contributed by atoms with E-state index in [1.165, 1.54) is 0 Å². The van der Waals surface area contributed by atoms with Gasteiger partial charge in [0.1, 0.15) is 0 Å². The number of alkyl halides is 1. The summed E-state index contributed by atoms with van der Waals surface area (Å²) in [6.07, 6.45) is -0.573. The van der Waals surface area contributed by atoms with Crippen LogP contribution >= 0.6 is 22.6 Å². The average molecular weight is 228 g/mol. The van der Waals surface area contributed by atoms with Crippen LogP contribution in [0.15, 0.2) is 0 Å². The lowest BCUT2D eigenvalue weighted by molar-refractivity contribution is -0.0675. The van der Waals surface area contributed by atoms with E-state index in [0.29, 0.717) is 0 Å². The Bertz CT molecular complexity index is 64.4. The minimum atomic E-state index is -0.286. The molecule has 3 heteroatoms. The summed E-state index contributed by atoms with van der Waals surface area (Å²) in [5, 5.41) is 18.0. The first-order valence-electron chi connectivity index (χ1n) is 2.65. The molecule has 0 aromatic heterocycles. The van der Waals surface area contributed by atoms with Gasteiger partial charge in [0.05, 0.1) is 16.1 Å². The predicted molar refractivity (Wildman–Crippen MR) is 39.0 cm³/mol. The summed E-state index contributed by atoms with van der Waals surface area (Å²) in [6, 6.07) is 0. The van der Waals surface area contributed by atoms with E-state index in [1.54, 1.807) is 0 Å². The Morgan fingerprint density at radius 3 is 1.75 bits per heavy atom. The smallest absolute Gasteiger partial charge is 0.0733 e. The van der Waals surface area contributed by atoms with E-state index in [4.69, 9.17) is 10.2 Å². The molecule has 0 saturated heterocycles. The molecular weight excluding hydrogens is 219 g/mol. The summed E-state index contributed by atoms with van der Waals surface area (Å²) in [7, 11) is 0. The van der Waals surface area contributed by atoms with Crippen molar-refractivity contribution in [3.05, 3.63) is 0 Å². The number of halogens is 1. The molecule has 1 fully saturated rings. The maximum Gasteiger partial charge on any atom is 0.0733 e. The standard InChI is InChI=1S/C5H9IO2/c1-2-4(7)3(6)5(2)8/h2-5,7-8H,1H3. The summed E-state index contributed by atoms with van der Waals surface area (Å²) >= 11 is 2.06. The maximum absolute atomic E-state index is 8.99. The summed E-state index contributed by atoms with van der Waals surface area (Å²) in [6.45, 7) is 1.85. The van der Waals surface area contributed by atoms with E-state index < -0.39 is 0 Å². The van der Waals surface area contributed by atoms with Gasteiger partial charge in [0, 0.05) is 5.92 Å². The molecule has 1 aliphatic carbocycles. The lowest BCUT2D eigenvalue weighted by Crippen LogP contribution is -2.54. The SMILES string of the molecule is CC1C(O)C(I)C1O. The third kappa shape index (κ3) is 0.766. The van der Waals surface area contributed by atoms with Crippen LogP contribution in [0.3, 0.4) is 0 Å². The first kappa shape index (κ1) is 6.77. The van der Waals surface area contributed by atoms with Gasteiger partial charge in [0.25, 0.3) is 0 Å². The molecule has 0 amide bonds. The van der Waals surface area contributed by atoms with Gasteiger partial charge in [-0.25, -0.2) is 0 Å². The molecule has 1 saturated carbocycles. The van der Waals surface area contributed by atoms with Crippen molar-refractivity contribution < 1.29 is 10.2 Å². The van der Waals surface area contributed by atoms with Crippen molar-refractivity contribution in [3.8, 4) is 0 Å². The zero-order valence-corrected chi connectivity index (χ0v) is 6.74. The van der Waals surface area contributed by atoms with Crippen LogP contribution in [0.2, 0.25) is 0 Å². The Morgan fingerprint density at radius 1 is 1.25 bits per heavy atom. The molecule has 2 unspecified atom stereocenters. The first-order chi connectivity index (χ1) is 3.64. The normalized spacial score (nSPS) is 55.5. The van der Waals surface area contributed by atoms with Crippen LogP contribution in [0.25, 0.3) is 0 Å². The molecule has 0 heterocycles. The number of hydrogen-bond acceptors (Lipinski definition) is 2. The quantitative estimate of drug-likeness (QED) is 0.458. The Kier molecular flexibility index (Phi) is 1.79. The van der Waals surface area contributed by atoms with E-state index in [-0.39, 0.29) is 22.1 Å². The van der Waals surface area contributed by atoms with Crippen LogP contribution in [0.5, 0.6) is 0 Å². The van der Waals surface area contributed by atoms with Gasteiger partial charge in [0.15, 0.2) is 0 Å². The number of aliphatic hydroxyl groups is 2. The van der Waals surface area contributed by atoms with Crippen LogP contribution in [-0.2, 0) is 0 Å². The molecule has 2 N–H and O–H groups in total. The Balaban J connectivity index is 2.42. The molecule has 1 rings (SSSR count). The Hall–Kier alpha value is 0.650. The third-order valence-electron chi connectivity index (χ3n) is 1.73. The minimum Gasteiger partial charge on any atom is -0.392 e. The van der Waals surface area contributed by atoms with Gasteiger partial charge in [-0.15, -0.1) is 0 Å². The molecule has 2 atom stereocenters. The third-order valence-corrected chi connectivity index (χ3v) is 3.20. The van der Waals surface area contributed by atoms with E-state index in [0.717, 1.165) is 0 Å². The van der Waals surface area contributed by atoms with Crippen molar-refractivity contribution in [1.82, 2.24) is 0 Å². The van der Waals surface area contributed by atoms with Gasteiger partial charge in [-0.05, 0) is 0 Å². The zero-order chi connectivity index (χ0) is 6.31. The van der Waals surface area contributed by atoms with Crippen LogP contribution in [-0.4, -0.2) is 26.3 Å². The van der Waals surface area contributed by atoms with Gasteiger partial charge in [-0.1, -0.05) is 29.5 Å². The molecule has 2 nitrogen and oxygen atoms in total. The summed E-state index contributed by atoms with van der Waals surface area (Å²) in [5.41, 5.74) is 0. The highest BCUT2D eigenvalue weighted by molar-refractivity contribution is 14.1. The topological polar surface area (TPSA) is 40.5 Å². The molecule has 0 bridgehead atoms. The van der Waals surface area contributed by atoms with Crippen molar-refractivity contribution in [3.63, 3.8) is 0 Å². The molecule has 8 heavy (non-hydrogen) atoms. The molecule has 0 spiro atoms. The molecule has 1 aliphatic rings. The second-order valence-corrected chi connectivity index (χ2v) is 3.72. The van der Waals surface area contributed by atoms with Crippen molar-refractivity contribution in [1.29, 1.82) is 0 Å². The van der Waals surface area contributed by atoms with Gasteiger partial charge in [-0.2, -0.15) is 0 Å². The van der Waals surface area contributed by atoms with Gasteiger partial charge < -0.3 is 10.2 Å².